The van der Waals surface area contributed by atoms with E-state index < -0.39 is 42.7 Å². The lowest BCUT2D eigenvalue weighted by Gasteiger charge is -2.33. The van der Waals surface area contributed by atoms with E-state index in [0.717, 1.165) is 6.61 Å². The Bertz CT molecular complexity index is 426. The quantitative estimate of drug-likeness (QED) is 0.250. The molecule has 0 aromatic heterocycles. The van der Waals surface area contributed by atoms with Crippen molar-refractivity contribution in [1.29, 1.82) is 0 Å². The molecule has 4 aliphatic rings. The van der Waals surface area contributed by atoms with E-state index >= 15 is 0 Å². The van der Waals surface area contributed by atoms with Gasteiger partial charge in [-0.25, -0.2) is 0 Å². The van der Waals surface area contributed by atoms with Gasteiger partial charge < -0.3 is 49.6 Å². The molecule has 166 valence electrons. The Balaban J connectivity index is 0.000000151. The first kappa shape index (κ1) is 23.9. The molecule has 0 saturated carbocycles. The third-order valence-electron chi connectivity index (χ3n) is 5.43. The van der Waals surface area contributed by atoms with Crippen LogP contribution < -0.4 is 0 Å². The highest BCUT2D eigenvalue weighted by Gasteiger charge is 2.44. The predicted molar refractivity (Wildman–Crippen MR) is 95.5 cm³/mol. The summed E-state index contributed by atoms with van der Waals surface area (Å²) in [6.07, 6.45) is -5.23. The number of hydrogen-bond donors (Lipinski definition) is 6. The van der Waals surface area contributed by atoms with Crippen molar-refractivity contribution >= 4 is 0 Å². The highest BCUT2D eigenvalue weighted by Crippen LogP contribution is 2.30. The first-order valence-corrected chi connectivity index (χ1v) is 9.68. The fraction of sp³-hybridized carbons (Fsp3) is 1.00. The summed E-state index contributed by atoms with van der Waals surface area (Å²) in [6, 6.07) is 0. The van der Waals surface area contributed by atoms with E-state index in [0.29, 0.717) is 12.5 Å². The lowest BCUT2D eigenvalue weighted by molar-refractivity contribution is -0.181. The fourth-order valence-corrected chi connectivity index (χ4v) is 3.38. The van der Waals surface area contributed by atoms with Crippen LogP contribution in [0.2, 0.25) is 0 Å². The molecule has 4 rings (SSSR count). The third kappa shape index (κ3) is 5.82. The molecule has 0 radical (unpaired) electrons. The zero-order valence-electron chi connectivity index (χ0n) is 16.5. The van der Waals surface area contributed by atoms with Gasteiger partial charge in [-0.1, -0.05) is 6.92 Å². The van der Waals surface area contributed by atoms with Crippen molar-refractivity contribution in [2.45, 2.75) is 81.8 Å². The van der Waals surface area contributed by atoms with Gasteiger partial charge in [-0.3, -0.25) is 0 Å². The van der Waals surface area contributed by atoms with Crippen LogP contribution in [0.4, 0.5) is 0 Å². The van der Waals surface area contributed by atoms with Gasteiger partial charge in [0, 0.05) is 5.92 Å². The maximum Gasteiger partial charge on any atom is 0.112 e. The summed E-state index contributed by atoms with van der Waals surface area (Å²) in [5.74, 6) is 0.446. The summed E-state index contributed by atoms with van der Waals surface area (Å²) >= 11 is 0. The lowest BCUT2D eigenvalue weighted by atomic mass is 10.0. The molecule has 10 heteroatoms. The topological polar surface area (TPSA) is 158 Å². The lowest BCUT2D eigenvalue weighted by Crippen LogP contribution is -2.51. The average molecular weight is 410 g/mol. The highest BCUT2D eigenvalue weighted by atomic mass is 16.6. The molecule has 6 N–H and O–H groups in total. The molecule has 0 aliphatic carbocycles. The summed E-state index contributed by atoms with van der Waals surface area (Å²) in [5.41, 5.74) is 0. The van der Waals surface area contributed by atoms with Gasteiger partial charge in [-0.05, 0) is 13.8 Å². The molecule has 4 saturated heterocycles. The van der Waals surface area contributed by atoms with Gasteiger partial charge in [-0.15, -0.1) is 0 Å². The average Bonchev–Trinajstić information content (AvgIpc) is 3.32. The van der Waals surface area contributed by atoms with Crippen LogP contribution in [-0.4, -0.2) is 118 Å². The number of hydrogen-bond acceptors (Lipinski definition) is 10. The Kier molecular flexibility index (Phi) is 9.02. The standard InChI is InChI=1S/C7H12O3.C6H12O4.C5H10O3/c1-4-2-9-7-5(8)3-10-6(4)7;1-3-5(8)6(9)4(7)2-10-3;1-3-5(7)4(6)2-8-3/h4-8H,2-3H2,1H3;3-9H,2H2,1H3;3-7H,2H2,1H3. The van der Waals surface area contributed by atoms with Crippen molar-refractivity contribution in [1.82, 2.24) is 0 Å². The molecule has 0 aromatic rings. The molecule has 10 nitrogen and oxygen atoms in total. The van der Waals surface area contributed by atoms with E-state index in [2.05, 4.69) is 6.92 Å². The molecule has 28 heavy (non-hydrogen) atoms. The minimum atomic E-state index is -1.07. The molecule has 4 fully saturated rings. The number of aliphatic hydroxyl groups is 6. The first-order chi connectivity index (χ1) is 13.1. The minimum Gasteiger partial charge on any atom is -0.388 e. The summed E-state index contributed by atoms with van der Waals surface area (Å²) in [7, 11) is 0. The molecular formula is C18H34O10. The van der Waals surface area contributed by atoms with Crippen molar-refractivity contribution < 1.29 is 49.6 Å². The Labute approximate surface area is 164 Å². The first-order valence-electron chi connectivity index (χ1n) is 9.68. The SMILES string of the molecule is CC1COC2C(O)COC12.CC1OCC(O)C(O)C1O.CC1OCC(O)C1O. The van der Waals surface area contributed by atoms with Crippen molar-refractivity contribution in [3.05, 3.63) is 0 Å². The highest BCUT2D eigenvalue weighted by molar-refractivity contribution is 4.92. The zero-order chi connectivity index (χ0) is 21.0. The minimum absolute atomic E-state index is 0.0463. The van der Waals surface area contributed by atoms with E-state index in [-0.39, 0.29) is 31.5 Å². The van der Waals surface area contributed by atoms with E-state index in [1.165, 1.54) is 0 Å². The molecule has 4 aliphatic heterocycles. The fourth-order valence-electron chi connectivity index (χ4n) is 3.38. The van der Waals surface area contributed by atoms with E-state index in [1.54, 1.807) is 13.8 Å². The second-order valence-corrected chi connectivity index (χ2v) is 7.82. The molecule has 0 spiro atoms. The summed E-state index contributed by atoms with van der Waals surface area (Å²) in [4.78, 5) is 0. The second kappa shape index (κ2) is 10.6. The molecule has 11 unspecified atom stereocenters. The van der Waals surface area contributed by atoms with Crippen LogP contribution >= 0.6 is 0 Å². The monoisotopic (exact) mass is 410 g/mol. The van der Waals surface area contributed by atoms with Gasteiger partial charge in [-0.2, -0.15) is 0 Å². The van der Waals surface area contributed by atoms with Crippen LogP contribution in [0.3, 0.4) is 0 Å². The van der Waals surface area contributed by atoms with Crippen LogP contribution in [0.1, 0.15) is 20.8 Å². The molecule has 0 aromatic carbocycles. The summed E-state index contributed by atoms with van der Waals surface area (Å²) in [5, 5.41) is 54.0. The molecule has 0 amide bonds. The van der Waals surface area contributed by atoms with Crippen molar-refractivity contribution in [3.63, 3.8) is 0 Å². The van der Waals surface area contributed by atoms with Crippen molar-refractivity contribution in [3.8, 4) is 0 Å². The van der Waals surface area contributed by atoms with Gasteiger partial charge in [0.25, 0.3) is 0 Å². The van der Waals surface area contributed by atoms with Gasteiger partial charge in [0.1, 0.15) is 42.7 Å². The molecule has 11 atom stereocenters. The van der Waals surface area contributed by atoms with Crippen LogP contribution in [0.5, 0.6) is 0 Å². The molecule has 4 heterocycles. The molecule has 0 bridgehead atoms. The molecular weight excluding hydrogens is 376 g/mol. The van der Waals surface area contributed by atoms with E-state index in [1.807, 2.05) is 0 Å². The van der Waals surface area contributed by atoms with Crippen molar-refractivity contribution in [2.24, 2.45) is 5.92 Å². The maximum atomic E-state index is 9.27. The Morgan fingerprint density at radius 1 is 0.500 bits per heavy atom. The summed E-state index contributed by atoms with van der Waals surface area (Å²) in [6.45, 7) is 7.01. The Hall–Kier alpha value is -0.400. The van der Waals surface area contributed by atoms with Gasteiger partial charge in [0.05, 0.1) is 44.7 Å². The normalized spacial score (nSPS) is 50.2. The number of ether oxygens (including phenoxy) is 4. The van der Waals surface area contributed by atoms with Crippen LogP contribution in [0.15, 0.2) is 0 Å². The summed E-state index contributed by atoms with van der Waals surface area (Å²) < 4.78 is 20.4. The smallest absolute Gasteiger partial charge is 0.112 e. The van der Waals surface area contributed by atoms with Gasteiger partial charge >= 0.3 is 0 Å². The van der Waals surface area contributed by atoms with Crippen LogP contribution in [-0.2, 0) is 18.9 Å². The van der Waals surface area contributed by atoms with Crippen LogP contribution in [0, 0.1) is 5.92 Å². The third-order valence-corrected chi connectivity index (χ3v) is 5.43. The van der Waals surface area contributed by atoms with Crippen molar-refractivity contribution in [2.75, 3.05) is 26.4 Å². The predicted octanol–water partition coefficient (Wildman–Crippen LogP) is -2.60. The van der Waals surface area contributed by atoms with E-state index in [9.17, 15) is 5.11 Å². The largest absolute Gasteiger partial charge is 0.388 e. The second-order valence-electron chi connectivity index (χ2n) is 7.82. The number of aliphatic hydroxyl groups excluding tert-OH is 6. The van der Waals surface area contributed by atoms with E-state index in [4.69, 9.17) is 44.5 Å². The number of fused-ring (bicyclic) bond motifs is 1. The number of rotatable bonds is 0. The Morgan fingerprint density at radius 2 is 0.964 bits per heavy atom. The maximum absolute atomic E-state index is 9.27. The van der Waals surface area contributed by atoms with Gasteiger partial charge in [0.2, 0.25) is 0 Å². The Morgan fingerprint density at radius 3 is 1.43 bits per heavy atom. The zero-order valence-corrected chi connectivity index (χ0v) is 16.5. The van der Waals surface area contributed by atoms with Crippen LogP contribution in [0.25, 0.3) is 0 Å². The van der Waals surface area contributed by atoms with Gasteiger partial charge in [0.15, 0.2) is 0 Å².